The van der Waals surface area contributed by atoms with Crippen LogP contribution in [0, 0.1) is 0 Å². The molecule has 6 nitrogen and oxygen atoms in total. The summed E-state index contributed by atoms with van der Waals surface area (Å²) >= 11 is 0. The number of aliphatic hydroxyl groups excluding tert-OH is 2. The summed E-state index contributed by atoms with van der Waals surface area (Å²) in [7, 11) is 0. The molecule has 0 saturated carbocycles. The lowest BCUT2D eigenvalue weighted by Crippen LogP contribution is -2.45. The van der Waals surface area contributed by atoms with Crippen LogP contribution < -0.4 is 5.32 Å². The molecule has 6 heteroatoms. The lowest BCUT2D eigenvalue weighted by Gasteiger charge is -2.20. The minimum absolute atomic E-state index is 0.0132. The molecule has 3 N–H and O–H groups in total. The Kier molecular flexibility index (Phi) is 53.0. The molecule has 0 rings (SSSR count). The highest BCUT2D eigenvalue weighted by molar-refractivity contribution is 5.76. The first-order valence-electron chi connectivity index (χ1n) is 29.0. The fourth-order valence-electron chi connectivity index (χ4n) is 9.11. The Bertz CT molecular complexity index is 955. The third-order valence-corrected chi connectivity index (χ3v) is 13.6. The number of carbonyl (C=O) groups excluding carboxylic acids is 2. The Morgan fingerprint density at radius 1 is 0.422 bits per heavy atom. The Labute approximate surface area is 399 Å². The van der Waals surface area contributed by atoms with Gasteiger partial charge in [0.2, 0.25) is 5.91 Å². The van der Waals surface area contributed by atoms with Crippen molar-refractivity contribution in [2.24, 2.45) is 0 Å². The molecule has 0 spiro atoms. The van der Waals surface area contributed by atoms with Gasteiger partial charge in [0.15, 0.2) is 0 Å². The molecule has 0 aliphatic heterocycles. The van der Waals surface area contributed by atoms with E-state index in [4.69, 9.17) is 4.74 Å². The van der Waals surface area contributed by atoms with E-state index in [-0.39, 0.29) is 18.5 Å². The lowest BCUT2D eigenvalue weighted by atomic mass is 10.0. The smallest absolute Gasteiger partial charge is 0.305 e. The summed E-state index contributed by atoms with van der Waals surface area (Å²) in [6.07, 6.45) is 63.9. The van der Waals surface area contributed by atoms with Crippen LogP contribution in [0.4, 0.5) is 0 Å². The molecule has 380 valence electrons. The van der Waals surface area contributed by atoms with Crippen LogP contribution in [0.2, 0.25) is 0 Å². The fraction of sp³-hybridized carbons (Fsp3) is 0.931. The minimum atomic E-state index is -0.843. The summed E-state index contributed by atoms with van der Waals surface area (Å²) in [5.41, 5.74) is 0. The second kappa shape index (κ2) is 54.2. The minimum Gasteiger partial charge on any atom is -0.466 e. The van der Waals surface area contributed by atoms with Crippen molar-refractivity contribution in [1.82, 2.24) is 5.32 Å². The van der Waals surface area contributed by atoms with Gasteiger partial charge < -0.3 is 20.3 Å². The molecule has 0 saturated heterocycles. The number of rotatable bonds is 54. The van der Waals surface area contributed by atoms with Gasteiger partial charge in [-0.3, -0.25) is 9.59 Å². The van der Waals surface area contributed by atoms with Gasteiger partial charge >= 0.3 is 5.97 Å². The van der Waals surface area contributed by atoms with Crippen LogP contribution in [0.25, 0.3) is 0 Å². The van der Waals surface area contributed by atoms with E-state index >= 15 is 0 Å². The topological polar surface area (TPSA) is 95.9 Å². The third-order valence-electron chi connectivity index (χ3n) is 13.6. The number of nitrogens with one attached hydrogen (secondary N) is 1. The van der Waals surface area contributed by atoms with Crippen molar-refractivity contribution < 1.29 is 24.5 Å². The van der Waals surface area contributed by atoms with E-state index in [1.165, 1.54) is 257 Å². The maximum atomic E-state index is 12.4. The van der Waals surface area contributed by atoms with Gasteiger partial charge in [-0.1, -0.05) is 289 Å². The SMILES string of the molecule is CCCCCCCCC/C=C/C(O)C(CO)NC(=O)CCCCCCCCCCCCCCCCCCCCCOC(=O)CCCCCCCCCCCCCCCCCCCCC. The Hall–Kier alpha value is -1.40. The number of carbonyl (C=O) groups is 2. The van der Waals surface area contributed by atoms with Crippen molar-refractivity contribution in [1.29, 1.82) is 0 Å². The van der Waals surface area contributed by atoms with Crippen LogP contribution in [0.5, 0.6) is 0 Å². The van der Waals surface area contributed by atoms with E-state index in [1.54, 1.807) is 6.08 Å². The van der Waals surface area contributed by atoms with Gasteiger partial charge in [-0.2, -0.15) is 0 Å². The number of ether oxygens (including phenoxy) is 1. The van der Waals surface area contributed by atoms with Crippen molar-refractivity contribution >= 4 is 11.9 Å². The third kappa shape index (κ3) is 50.0. The van der Waals surface area contributed by atoms with E-state index in [2.05, 4.69) is 19.2 Å². The van der Waals surface area contributed by atoms with Crippen molar-refractivity contribution in [3.05, 3.63) is 12.2 Å². The standard InChI is InChI=1S/C58H113NO5/c1-3-5-7-9-11-13-14-15-16-17-19-23-26-29-32-36-40-44-48-52-58(63)64-53-49-45-41-37-33-30-27-24-21-18-20-22-25-28-31-35-39-43-47-51-57(62)59-55(54-60)56(61)50-46-42-38-34-12-10-8-6-4-2/h46,50,55-56,60-61H,3-45,47-49,51-54H2,1-2H3,(H,59,62)/b50-46+. The summed E-state index contributed by atoms with van der Waals surface area (Å²) < 4.78 is 5.50. The summed E-state index contributed by atoms with van der Waals surface area (Å²) in [6.45, 7) is 4.89. The van der Waals surface area contributed by atoms with Crippen LogP contribution in [-0.2, 0) is 14.3 Å². The van der Waals surface area contributed by atoms with Gasteiger partial charge in [-0.15, -0.1) is 0 Å². The molecule has 2 atom stereocenters. The second-order valence-electron chi connectivity index (χ2n) is 20.0. The summed E-state index contributed by atoms with van der Waals surface area (Å²) in [5.74, 6) is -0.0592. The van der Waals surface area contributed by atoms with Crippen molar-refractivity contribution in [2.45, 2.75) is 334 Å². The van der Waals surface area contributed by atoms with Crippen molar-refractivity contribution in [3.8, 4) is 0 Å². The predicted octanol–water partition coefficient (Wildman–Crippen LogP) is 17.7. The van der Waals surface area contributed by atoms with Gasteiger partial charge in [0.05, 0.1) is 25.4 Å². The number of aliphatic hydroxyl groups is 2. The normalized spacial score (nSPS) is 12.6. The molecule has 1 amide bonds. The Balaban J connectivity index is 3.35. The van der Waals surface area contributed by atoms with Crippen LogP contribution >= 0.6 is 0 Å². The number of unbranched alkanes of at least 4 members (excludes halogenated alkanes) is 43. The molecule has 0 radical (unpaired) electrons. The first-order chi connectivity index (χ1) is 31.5. The molecular weight excluding hydrogens is 791 g/mol. The summed E-state index contributed by atoms with van der Waals surface area (Å²) in [5, 5.41) is 22.9. The van der Waals surface area contributed by atoms with E-state index in [0.717, 1.165) is 38.5 Å². The molecule has 0 aliphatic rings. The van der Waals surface area contributed by atoms with Crippen LogP contribution in [0.3, 0.4) is 0 Å². The predicted molar refractivity (Wildman–Crippen MR) is 278 cm³/mol. The Morgan fingerprint density at radius 3 is 1.06 bits per heavy atom. The van der Waals surface area contributed by atoms with Gasteiger partial charge in [-0.05, 0) is 32.1 Å². The van der Waals surface area contributed by atoms with Gasteiger partial charge in [-0.25, -0.2) is 0 Å². The van der Waals surface area contributed by atoms with Gasteiger partial charge in [0.1, 0.15) is 0 Å². The largest absolute Gasteiger partial charge is 0.466 e. The molecule has 64 heavy (non-hydrogen) atoms. The zero-order chi connectivity index (χ0) is 46.5. The van der Waals surface area contributed by atoms with E-state index < -0.39 is 12.1 Å². The highest BCUT2D eigenvalue weighted by Crippen LogP contribution is 2.17. The number of hydrogen-bond acceptors (Lipinski definition) is 5. The van der Waals surface area contributed by atoms with Crippen LogP contribution in [0.1, 0.15) is 322 Å². The molecule has 0 aromatic heterocycles. The van der Waals surface area contributed by atoms with Crippen molar-refractivity contribution in [2.75, 3.05) is 13.2 Å². The zero-order valence-electron chi connectivity index (χ0n) is 43.3. The molecule has 0 aromatic rings. The lowest BCUT2D eigenvalue weighted by molar-refractivity contribution is -0.143. The van der Waals surface area contributed by atoms with Crippen LogP contribution in [0.15, 0.2) is 12.2 Å². The van der Waals surface area contributed by atoms with Gasteiger partial charge in [0, 0.05) is 12.8 Å². The highest BCUT2D eigenvalue weighted by atomic mass is 16.5. The van der Waals surface area contributed by atoms with E-state index in [1.807, 2.05) is 6.08 Å². The molecule has 2 unspecified atom stereocenters. The number of hydrogen-bond donors (Lipinski definition) is 3. The maximum absolute atomic E-state index is 12.4. The molecule has 0 fully saturated rings. The Morgan fingerprint density at radius 2 is 0.719 bits per heavy atom. The average molecular weight is 905 g/mol. The monoisotopic (exact) mass is 904 g/mol. The molecule has 0 aliphatic carbocycles. The maximum Gasteiger partial charge on any atom is 0.305 e. The molecule has 0 heterocycles. The molecule has 0 aromatic carbocycles. The van der Waals surface area contributed by atoms with E-state index in [9.17, 15) is 19.8 Å². The summed E-state index contributed by atoms with van der Waals surface area (Å²) in [4.78, 5) is 24.5. The molecule has 0 bridgehead atoms. The number of amides is 1. The quantitative estimate of drug-likeness (QED) is 0.0321. The first kappa shape index (κ1) is 62.6. The number of esters is 1. The highest BCUT2D eigenvalue weighted by Gasteiger charge is 2.18. The van der Waals surface area contributed by atoms with Crippen molar-refractivity contribution in [3.63, 3.8) is 0 Å². The number of allylic oxidation sites excluding steroid dienone is 1. The first-order valence-corrected chi connectivity index (χ1v) is 29.0. The van der Waals surface area contributed by atoms with Gasteiger partial charge in [0.25, 0.3) is 0 Å². The fourth-order valence-corrected chi connectivity index (χ4v) is 9.11. The summed E-state index contributed by atoms with van der Waals surface area (Å²) in [6, 6.07) is -0.627. The van der Waals surface area contributed by atoms with E-state index in [0.29, 0.717) is 19.4 Å². The zero-order valence-corrected chi connectivity index (χ0v) is 43.3. The molecular formula is C58H113NO5. The van der Waals surface area contributed by atoms with Crippen LogP contribution in [-0.4, -0.2) is 47.4 Å². The average Bonchev–Trinajstić information content (AvgIpc) is 3.29. The second-order valence-corrected chi connectivity index (χ2v) is 20.0.